The van der Waals surface area contributed by atoms with E-state index in [4.69, 9.17) is 14.6 Å². The summed E-state index contributed by atoms with van der Waals surface area (Å²) < 4.78 is 10.5. The fourth-order valence-electron chi connectivity index (χ4n) is 2.19. The molecule has 5 atom stereocenters. The third kappa shape index (κ3) is 4.27. The number of hydrogen-bond donors (Lipinski definition) is 5. The Kier molecular flexibility index (Phi) is 5.69. The van der Waals surface area contributed by atoms with Crippen molar-refractivity contribution in [1.82, 2.24) is 0 Å². The summed E-state index contributed by atoms with van der Waals surface area (Å²) in [6.07, 6.45) is -4.28. The molecule has 126 valence electrons. The fourth-order valence-corrected chi connectivity index (χ4v) is 2.19. The smallest absolute Gasteiger partial charge is 0.328 e. The molecule has 1 aromatic rings. The normalized spacial score (nSPS) is 31.2. The molecular weight excluding hydrogens is 308 g/mol. The zero-order valence-corrected chi connectivity index (χ0v) is 12.0. The van der Waals surface area contributed by atoms with Crippen molar-refractivity contribution < 1.29 is 39.8 Å². The third-order valence-electron chi connectivity index (χ3n) is 3.41. The highest BCUT2D eigenvalue weighted by Gasteiger charge is 2.45. The first kappa shape index (κ1) is 17.4. The fraction of sp³-hybridized carbons (Fsp3) is 0.400. The van der Waals surface area contributed by atoms with E-state index in [0.29, 0.717) is 11.3 Å². The van der Waals surface area contributed by atoms with E-state index in [2.05, 4.69) is 0 Å². The van der Waals surface area contributed by atoms with Gasteiger partial charge in [0.15, 0.2) is 12.4 Å². The highest BCUT2D eigenvalue weighted by atomic mass is 16.7. The van der Waals surface area contributed by atoms with Gasteiger partial charge in [-0.2, -0.15) is 0 Å². The Hall–Kier alpha value is -1.97. The number of carbonyl (C=O) groups is 1. The van der Waals surface area contributed by atoms with Gasteiger partial charge in [0, 0.05) is 6.08 Å². The van der Waals surface area contributed by atoms with Gasteiger partial charge >= 0.3 is 5.97 Å². The lowest BCUT2D eigenvalue weighted by Gasteiger charge is -2.40. The molecule has 5 N–H and O–H groups in total. The van der Waals surface area contributed by atoms with Crippen molar-refractivity contribution in [3.8, 4) is 5.75 Å². The van der Waals surface area contributed by atoms with E-state index in [9.17, 15) is 25.2 Å². The molecule has 1 aliphatic heterocycles. The lowest BCUT2D eigenvalue weighted by atomic mass is 9.99. The molecular formula is C15H18O8. The summed E-state index contributed by atoms with van der Waals surface area (Å²) >= 11 is 0. The summed E-state index contributed by atoms with van der Waals surface area (Å²) in [5.41, 5.74) is 0.634. The largest absolute Gasteiger partial charge is 0.485 e. The molecule has 8 nitrogen and oxygen atoms in total. The summed E-state index contributed by atoms with van der Waals surface area (Å²) in [6.45, 7) is -0.509. The topological polar surface area (TPSA) is 137 Å². The molecule has 8 heteroatoms. The first-order chi connectivity index (χ1) is 10.9. The molecule has 0 bridgehead atoms. The monoisotopic (exact) mass is 326 g/mol. The summed E-state index contributed by atoms with van der Waals surface area (Å²) in [6, 6.07) is 6.29. The number of aliphatic hydroxyl groups excluding tert-OH is 4. The second-order valence-electron chi connectivity index (χ2n) is 5.05. The molecule has 0 aliphatic carbocycles. The number of rotatable bonds is 5. The highest BCUT2D eigenvalue weighted by Crippen LogP contribution is 2.25. The van der Waals surface area contributed by atoms with Crippen molar-refractivity contribution in [1.29, 1.82) is 0 Å². The molecule has 0 saturated carbocycles. The van der Waals surface area contributed by atoms with Gasteiger partial charge in [-0.05, 0) is 23.8 Å². The van der Waals surface area contributed by atoms with Crippen LogP contribution in [0, 0.1) is 0 Å². The predicted octanol–water partition coefficient (Wildman–Crippen LogP) is -1.04. The van der Waals surface area contributed by atoms with E-state index in [1.807, 2.05) is 0 Å². The molecule has 1 aromatic carbocycles. The lowest BCUT2D eigenvalue weighted by molar-refractivity contribution is -0.282. The van der Waals surface area contributed by atoms with E-state index in [-0.39, 0.29) is 0 Å². The maximum atomic E-state index is 10.4. The van der Waals surface area contributed by atoms with Crippen LogP contribution in [0.5, 0.6) is 5.75 Å². The lowest BCUT2D eigenvalue weighted by Crippen LogP contribution is -2.60. The van der Waals surface area contributed by atoms with Crippen molar-refractivity contribution in [2.24, 2.45) is 0 Å². The number of carboxylic acid groups (broad SMARTS) is 1. The van der Waals surface area contributed by atoms with Crippen LogP contribution in [-0.2, 0) is 9.53 Å². The first-order valence-corrected chi connectivity index (χ1v) is 6.90. The molecule has 2 unspecified atom stereocenters. The second-order valence-corrected chi connectivity index (χ2v) is 5.05. The Balaban J connectivity index is 2.09. The maximum absolute atomic E-state index is 10.4. The van der Waals surface area contributed by atoms with E-state index in [1.165, 1.54) is 6.08 Å². The molecule has 1 saturated heterocycles. The van der Waals surface area contributed by atoms with Crippen LogP contribution >= 0.6 is 0 Å². The minimum absolute atomic E-state index is 0.326. The van der Waals surface area contributed by atoms with Crippen LogP contribution in [0.4, 0.5) is 0 Å². The number of ether oxygens (including phenoxy) is 2. The van der Waals surface area contributed by atoms with Crippen LogP contribution in [0.15, 0.2) is 30.3 Å². The Morgan fingerprint density at radius 2 is 1.83 bits per heavy atom. The molecule has 1 fully saturated rings. The van der Waals surface area contributed by atoms with Gasteiger partial charge in [0.25, 0.3) is 0 Å². The zero-order chi connectivity index (χ0) is 17.0. The van der Waals surface area contributed by atoms with Gasteiger partial charge < -0.3 is 35.0 Å². The minimum atomic E-state index is -1.61. The van der Waals surface area contributed by atoms with Crippen molar-refractivity contribution in [2.75, 3.05) is 6.61 Å². The van der Waals surface area contributed by atoms with E-state index >= 15 is 0 Å². The number of aliphatic hydroxyl groups is 4. The number of aliphatic carboxylic acids is 1. The summed E-state index contributed by atoms with van der Waals surface area (Å²) in [4.78, 5) is 10.4. The second kappa shape index (κ2) is 7.53. The molecule has 1 heterocycles. The summed E-state index contributed by atoms with van der Waals surface area (Å²) in [5, 5.41) is 46.8. The number of carboxylic acids is 1. The van der Waals surface area contributed by atoms with Crippen LogP contribution in [-0.4, -0.2) is 68.8 Å². The van der Waals surface area contributed by atoms with Crippen LogP contribution < -0.4 is 4.74 Å². The van der Waals surface area contributed by atoms with Crippen molar-refractivity contribution in [3.05, 3.63) is 35.9 Å². The molecule has 0 amide bonds. The Morgan fingerprint density at radius 1 is 1.17 bits per heavy atom. The zero-order valence-electron chi connectivity index (χ0n) is 12.0. The van der Waals surface area contributed by atoms with Gasteiger partial charge in [0.05, 0.1) is 6.61 Å². The average molecular weight is 326 g/mol. The van der Waals surface area contributed by atoms with Crippen LogP contribution in [0.3, 0.4) is 0 Å². The van der Waals surface area contributed by atoms with Crippen LogP contribution in [0.1, 0.15) is 5.56 Å². The van der Waals surface area contributed by atoms with Gasteiger partial charge in [-0.15, -0.1) is 0 Å². The Bertz CT molecular complexity index is 553. The summed E-state index contributed by atoms with van der Waals surface area (Å²) in [5.74, 6) is -0.738. The predicted molar refractivity (Wildman–Crippen MR) is 77.5 cm³/mol. The first-order valence-electron chi connectivity index (χ1n) is 6.90. The molecule has 2 rings (SSSR count). The Morgan fingerprint density at radius 3 is 2.39 bits per heavy atom. The molecule has 23 heavy (non-hydrogen) atoms. The standard InChI is InChI=1S/C15H18O8/c16-7-10-14(12(19)13(20)15(21)23-10)22-9-4-1-8(2-5-9)3-6-11(17)18/h1-6,10,12-16,19-21H,7H2,(H,17,18)/b6-3+/t10?,12?,13-,14+,15+/m0/s1. The van der Waals surface area contributed by atoms with Crippen LogP contribution in [0.25, 0.3) is 6.08 Å². The maximum Gasteiger partial charge on any atom is 0.328 e. The third-order valence-corrected chi connectivity index (χ3v) is 3.41. The quantitative estimate of drug-likeness (QED) is 0.433. The van der Waals surface area contributed by atoms with Gasteiger partial charge in [-0.1, -0.05) is 12.1 Å². The molecule has 1 aliphatic rings. The highest BCUT2D eigenvalue weighted by molar-refractivity contribution is 5.85. The van der Waals surface area contributed by atoms with Gasteiger partial charge in [0.2, 0.25) is 0 Å². The molecule has 0 radical (unpaired) electrons. The number of benzene rings is 1. The van der Waals surface area contributed by atoms with Gasteiger partial charge in [0.1, 0.15) is 24.1 Å². The van der Waals surface area contributed by atoms with Gasteiger partial charge in [-0.25, -0.2) is 4.79 Å². The summed E-state index contributed by atoms with van der Waals surface area (Å²) in [7, 11) is 0. The van der Waals surface area contributed by atoms with E-state index in [1.54, 1.807) is 24.3 Å². The molecule has 0 spiro atoms. The van der Waals surface area contributed by atoms with Gasteiger partial charge in [-0.3, -0.25) is 0 Å². The van der Waals surface area contributed by atoms with E-state index < -0.39 is 43.3 Å². The SMILES string of the molecule is O=C(O)/C=C/c1ccc(O[C@@H]2C(CO)O[C@@H](O)[C@@H](O)C2O)cc1. The molecule has 0 aromatic heterocycles. The van der Waals surface area contributed by atoms with E-state index in [0.717, 1.165) is 6.08 Å². The van der Waals surface area contributed by atoms with Crippen molar-refractivity contribution in [3.63, 3.8) is 0 Å². The van der Waals surface area contributed by atoms with Crippen molar-refractivity contribution in [2.45, 2.75) is 30.7 Å². The van der Waals surface area contributed by atoms with Crippen LogP contribution in [0.2, 0.25) is 0 Å². The minimum Gasteiger partial charge on any atom is -0.485 e. The number of hydrogen-bond acceptors (Lipinski definition) is 7. The Labute approximate surface area is 131 Å². The average Bonchev–Trinajstić information content (AvgIpc) is 2.54. The van der Waals surface area contributed by atoms with Crippen molar-refractivity contribution >= 4 is 12.0 Å².